The molecule has 130 valence electrons. The molecule has 1 aliphatic carbocycles. The van der Waals surface area contributed by atoms with E-state index in [0.29, 0.717) is 10.5 Å². The number of carbonyl (C=O) groups is 1. The number of ether oxygens (including phenoxy) is 1. The molecule has 1 saturated carbocycles. The Kier molecular flexibility index (Phi) is 6.02. The van der Waals surface area contributed by atoms with Crippen LogP contribution in [0.3, 0.4) is 0 Å². The summed E-state index contributed by atoms with van der Waals surface area (Å²) in [5, 5.41) is 4.35. The minimum Gasteiger partial charge on any atom is -0.388 e. The smallest absolute Gasteiger partial charge is 0.261 e. The van der Waals surface area contributed by atoms with Crippen LogP contribution in [0.5, 0.6) is 0 Å². The molecule has 1 fully saturated rings. The van der Waals surface area contributed by atoms with E-state index < -0.39 is 0 Å². The Bertz CT molecular complexity index is 779. The SMILES string of the molecule is CC1(NC(=O)c2cc3ccc(Cl)cc3[nH]c2=O)CCCC1.COC. The Morgan fingerprint density at radius 2 is 1.88 bits per heavy atom. The van der Waals surface area contributed by atoms with Gasteiger partial charge >= 0.3 is 0 Å². The van der Waals surface area contributed by atoms with Crippen molar-refractivity contribution in [2.45, 2.75) is 38.1 Å². The number of hydrogen-bond acceptors (Lipinski definition) is 3. The summed E-state index contributed by atoms with van der Waals surface area (Å²) in [6.07, 6.45) is 4.15. The number of carbonyl (C=O) groups excluding carboxylic acids is 1. The quantitative estimate of drug-likeness (QED) is 0.870. The standard InChI is InChI=1S/C16H17ClN2O2.C2H6O/c1-16(6-2-3-7-16)19-15(21)12-8-10-4-5-11(17)9-13(10)18-14(12)20;1-3-2/h4-5,8-9H,2-3,6-7H2,1H3,(H,18,20)(H,19,21);1-2H3. The van der Waals surface area contributed by atoms with Gasteiger partial charge in [0.05, 0.1) is 0 Å². The van der Waals surface area contributed by atoms with E-state index in [1.54, 1.807) is 38.5 Å². The number of fused-ring (bicyclic) bond motifs is 1. The predicted octanol–water partition coefficient (Wildman–Crippen LogP) is 3.51. The second-order valence-corrected chi connectivity index (χ2v) is 6.81. The van der Waals surface area contributed by atoms with Crippen molar-refractivity contribution in [2.75, 3.05) is 14.2 Å². The van der Waals surface area contributed by atoms with E-state index >= 15 is 0 Å². The Labute approximate surface area is 146 Å². The molecular formula is C18H23ClN2O3. The number of halogens is 1. The highest BCUT2D eigenvalue weighted by Gasteiger charge is 2.31. The lowest BCUT2D eigenvalue weighted by Gasteiger charge is -2.25. The van der Waals surface area contributed by atoms with Gasteiger partial charge in [0.15, 0.2) is 0 Å². The topological polar surface area (TPSA) is 71.2 Å². The summed E-state index contributed by atoms with van der Waals surface area (Å²) in [4.78, 5) is 27.2. The van der Waals surface area contributed by atoms with Gasteiger partial charge in [0.25, 0.3) is 11.5 Å². The number of H-pyrrole nitrogens is 1. The zero-order valence-electron chi connectivity index (χ0n) is 14.2. The second kappa shape index (κ2) is 7.81. The van der Waals surface area contributed by atoms with Crippen LogP contribution in [0.15, 0.2) is 29.1 Å². The summed E-state index contributed by atoms with van der Waals surface area (Å²) >= 11 is 5.90. The number of amides is 1. The van der Waals surface area contributed by atoms with Crippen LogP contribution < -0.4 is 10.9 Å². The third-order valence-electron chi connectivity index (χ3n) is 4.18. The van der Waals surface area contributed by atoms with Crippen LogP contribution in [-0.2, 0) is 4.74 Å². The van der Waals surface area contributed by atoms with Gasteiger partial charge in [-0.1, -0.05) is 30.5 Å². The normalized spacial score (nSPS) is 15.7. The molecule has 3 rings (SSSR count). The molecule has 1 aromatic carbocycles. The van der Waals surface area contributed by atoms with E-state index in [0.717, 1.165) is 31.1 Å². The van der Waals surface area contributed by atoms with Gasteiger partial charge in [0.2, 0.25) is 0 Å². The summed E-state index contributed by atoms with van der Waals surface area (Å²) in [5.41, 5.74) is 0.205. The van der Waals surface area contributed by atoms with Gasteiger partial charge in [0, 0.05) is 30.3 Å². The molecule has 1 amide bonds. The van der Waals surface area contributed by atoms with Crippen LogP contribution in [0.1, 0.15) is 43.0 Å². The van der Waals surface area contributed by atoms with E-state index in [2.05, 4.69) is 15.0 Å². The van der Waals surface area contributed by atoms with Crippen molar-refractivity contribution < 1.29 is 9.53 Å². The first kappa shape index (κ1) is 18.5. The van der Waals surface area contributed by atoms with Gasteiger partial charge in [-0.3, -0.25) is 9.59 Å². The fourth-order valence-electron chi connectivity index (χ4n) is 2.96. The summed E-state index contributed by atoms with van der Waals surface area (Å²) in [7, 11) is 3.25. The van der Waals surface area contributed by atoms with Crippen LogP contribution in [0.2, 0.25) is 5.02 Å². The van der Waals surface area contributed by atoms with Gasteiger partial charge in [0.1, 0.15) is 5.56 Å². The highest BCUT2D eigenvalue weighted by molar-refractivity contribution is 6.31. The number of methoxy groups -OCH3 is 1. The lowest BCUT2D eigenvalue weighted by molar-refractivity contribution is 0.0906. The van der Waals surface area contributed by atoms with Crippen molar-refractivity contribution in [3.63, 3.8) is 0 Å². The molecule has 0 saturated heterocycles. The number of hydrogen-bond donors (Lipinski definition) is 2. The largest absolute Gasteiger partial charge is 0.388 e. The van der Waals surface area contributed by atoms with E-state index in [-0.39, 0.29) is 22.6 Å². The van der Waals surface area contributed by atoms with Crippen molar-refractivity contribution in [1.82, 2.24) is 10.3 Å². The van der Waals surface area contributed by atoms with Crippen molar-refractivity contribution in [3.8, 4) is 0 Å². The Balaban J connectivity index is 0.000000647. The maximum atomic E-state index is 12.4. The number of rotatable bonds is 2. The molecule has 0 unspecified atom stereocenters. The van der Waals surface area contributed by atoms with Crippen LogP contribution in [-0.4, -0.2) is 30.6 Å². The minimum atomic E-state index is -0.385. The highest BCUT2D eigenvalue weighted by atomic mass is 35.5. The molecule has 1 heterocycles. The second-order valence-electron chi connectivity index (χ2n) is 6.37. The number of benzene rings is 1. The summed E-state index contributed by atoms with van der Waals surface area (Å²) in [6.45, 7) is 2.03. The van der Waals surface area contributed by atoms with Crippen LogP contribution in [0, 0.1) is 0 Å². The summed E-state index contributed by atoms with van der Waals surface area (Å²) in [6, 6.07) is 6.83. The minimum absolute atomic E-state index is 0.151. The molecule has 0 aliphatic heterocycles. The van der Waals surface area contributed by atoms with Crippen molar-refractivity contribution in [1.29, 1.82) is 0 Å². The lowest BCUT2D eigenvalue weighted by Crippen LogP contribution is -2.45. The van der Waals surface area contributed by atoms with E-state index in [4.69, 9.17) is 11.6 Å². The van der Waals surface area contributed by atoms with Gasteiger partial charge in [-0.2, -0.15) is 0 Å². The average Bonchev–Trinajstić information content (AvgIpc) is 2.93. The zero-order chi connectivity index (χ0) is 17.7. The van der Waals surface area contributed by atoms with Crippen molar-refractivity contribution in [3.05, 3.63) is 45.2 Å². The molecule has 2 aromatic rings. The number of pyridine rings is 1. The number of nitrogens with one attached hydrogen (secondary N) is 2. The first-order valence-electron chi connectivity index (χ1n) is 7.94. The Hall–Kier alpha value is -1.85. The molecule has 0 radical (unpaired) electrons. The van der Waals surface area contributed by atoms with Gasteiger partial charge in [-0.25, -0.2) is 0 Å². The van der Waals surface area contributed by atoms with Gasteiger partial charge in [-0.05, 0) is 43.4 Å². The monoisotopic (exact) mass is 350 g/mol. The fraction of sp³-hybridized carbons (Fsp3) is 0.444. The van der Waals surface area contributed by atoms with Crippen molar-refractivity contribution >= 4 is 28.4 Å². The molecule has 24 heavy (non-hydrogen) atoms. The number of aromatic nitrogens is 1. The molecule has 1 aromatic heterocycles. The summed E-state index contributed by atoms with van der Waals surface area (Å²) < 4.78 is 4.25. The molecule has 6 heteroatoms. The van der Waals surface area contributed by atoms with Crippen molar-refractivity contribution in [2.24, 2.45) is 0 Å². The highest BCUT2D eigenvalue weighted by Crippen LogP contribution is 2.29. The maximum absolute atomic E-state index is 12.4. The van der Waals surface area contributed by atoms with E-state index in [9.17, 15) is 9.59 Å². The Morgan fingerprint density at radius 1 is 1.25 bits per heavy atom. The van der Waals surface area contributed by atoms with Gasteiger partial charge < -0.3 is 15.0 Å². The fourth-order valence-corrected chi connectivity index (χ4v) is 3.14. The predicted molar refractivity (Wildman–Crippen MR) is 96.9 cm³/mol. The lowest BCUT2D eigenvalue weighted by atomic mass is 10.00. The Morgan fingerprint density at radius 3 is 2.50 bits per heavy atom. The zero-order valence-corrected chi connectivity index (χ0v) is 15.0. The molecule has 2 N–H and O–H groups in total. The third kappa shape index (κ3) is 4.36. The number of aromatic amines is 1. The third-order valence-corrected chi connectivity index (χ3v) is 4.41. The molecular weight excluding hydrogens is 328 g/mol. The molecule has 0 spiro atoms. The maximum Gasteiger partial charge on any atom is 0.261 e. The average molecular weight is 351 g/mol. The van der Waals surface area contributed by atoms with Gasteiger partial charge in [-0.15, -0.1) is 0 Å². The molecule has 1 aliphatic rings. The van der Waals surface area contributed by atoms with Crippen LogP contribution >= 0.6 is 11.6 Å². The van der Waals surface area contributed by atoms with E-state index in [1.165, 1.54) is 0 Å². The van der Waals surface area contributed by atoms with Crippen LogP contribution in [0.25, 0.3) is 10.9 Å². The molecule has 0 bridgehead atoms. The summed E-state index contributed by atoms with van der Waals surface area (Å²) in [5.74, 6) is -0.308. The molecule has 0 atom stereocenters. The van der Waals surface area contributed by atoms with Crippen LogP contribution in [0.4, 0.5) is 0 Å². The first-order chi connectivity index (χ1) is 11.4. The molecule has 5 nitrogen and oxygen atoms in total. The van der Waals surface area contributed by atoms with E-state index in [1.807, 2.05) is 6.92 Å². The first-order valence-corrected chi connectivity index (χ1v) is 8.31.